The number of benzene rings is 3. The minimum absolute atomic E-state index is 0.172. The van der Waals surface area contributed by atoms with Crippen LogP contribution < -0.4 is 4.90 Å². The first-order valence-electron chi connectivity index (χ1n) is 11.7. The Morgan fingerprint density at radius 2 is 1.50 bits per heavy atom. The number of carbonyl (C=O) groups is 3. The normalized spacial score (nSPS) is 26.4. The van der Waals surface area contributed by atoms with E-state index in [0.29, 0.717) is 11.3 Å². The van der Waals surface area contributed by atoms with E-state index in [9.17, 15) is 14.4 Å². The smallest absolute Gasteiger partial charge is 0.338 e. The molecule has 34 heavy (non-hydrogen) atoms. The van der Waals surface area contributed by atoms with Gasteiger partial charge in [-0.05, 0) is 54.3 Å². The predicted octanol–water partition coefficient (Wildman–Crippen LogP) is 4.82. The van der Waals surface area contributed by atoms with Gasteiger partial charge in [-0.15, -0.1) is 0 Å². The van der Waals surface area contributed by atoms with Crippen molar-refractivity contribution in [3.8, 4) is 0 Å². The van der Waals surface area contributed by atoms with Crippen molar-refractivity contribution in [2.45, 2.75) is 38.2 Å². The van der Waals surface area contributed by atoms with Crippen LogP contribution in [0.25, 0.3) is 0 Å². The largest absolute Gasteiger partial charge is 0.459 e. The van der Waals surface area contributed by atoms with E-state index in [0.717, 1.165) is 22.3 Å². The fraction of sp³-hybridized carbons (Fsp3) is 0.276. The van der Waals surface area contributed by atoms with Crippen LogP contribution in [0.4, 0.5) is 5.69 Å². The molecule has 0 aromatic heterocycles. The molecule has 3 aliphatic carbocycles. The van der Waals surface area contributed by atoms with Crippen LogP contribution >= 0.6 is 0 Å². The van der Waals surface area contributed by atoms with Gasteiger partial charge in [0.1, 0.15) is 0 Å². The highest BCUT2D eigenvalue weighted by Crippen LogP contribution is 2.64. The summed E-state index contributed by atoms with van der Waals surface area (Å²) >= 11 is 0. The summed E-state index contributed by atoms with van der Waals surface area (Å²) in [5.74, 6) is -2.03. The van der Waals surface area contributed by atoms with Gasteiger partial charge in [-0.25, -0.2) is 9.69 Å². The van der Waals surface area contributed by atoms with Crippen molar-refractivity contribution in [1.29, 1.82) is 0 Å². The maximum Gasteiger partial charge on any atom is 0.338 e. The molecule has 0 unspecified atom stereocenters. The van der Waals surface area contributed by atoms with Crippen LogP contribution in [0.2, 0.25) is 0 Å². The Bertz CT molecular complexity index is 1330. The summed E-state index contributed by atoms with van der Waals surface area (Å²) in [6.45, 7) is 5.67. The highest BCUT2D eigenvalue weighted by Gasteiger charge is 2.66. The van der Waals surface area contributed by atoms with Gasteiger partial charge in [0.25, 0.3) is 0 Å². The van der Waals surface area contributed by atoms with E-state index in [1.54, 1.807) is 38.1 Å². The number of carbonyl (C=O) groups excluding carboxylic acids is 3. The SMILES string of the molecule is CC(C)OC(=O)c1cccc(N2C(=O)[C@@H]3[C@@H](C2=O)C2c4ccccc4C3(C)c3ccccc32)c1. The Morgan fingerprint density at radius 3 is 2.12 bits per heavy atom. The number of rotatable bonds is 3. The molecule has 2 atom stereocenters. The number of ether oxygens (including phenoxy) is 1. The first-order chi connectivity index (χ1) is 16.3. The average molecular weight is 452 g/mol. The molecule has 5 nitrogen and oxygen atoms in total. The quantitative estimate of drug-likeness (QED) is 0.423. The zero-order valence-electron chi connectivity index (χ0n) is 19.3. The van der Waals surface area contributed by atoms with Gasteiger partial charge in [-0.1, -0.05) is 61.5 Å². The van der Waals surface area contributed by atoms with Gasteiger partial charge in [-0.2, -0.15) is 0 Å². The Morgan fingerprint density at radius 1 is 0.882 bits per heavy atom. The van der Waals surface area contributed by atoms with E-state index in [2.05, 4.69) is 31.2 Å². The Kier molecular flexibility index (Phi) is 4.37. The summed E-state index contributed by atoms with van der Waals surface area (Å²) in [6.07, 6.45) is -0.262. The molecular weight excluding hydrogens is 426 g/mol. The van der Waals surface area contributed by atoms with Crippen molar-refractivity contribution in [2.24, 2.45) is 11.8 Å². The number of imide groups is 1. The standard InChI is InChI=1S/C29H25NO4/c1-16(2)34-28(33)17-9-8-10-18(15-17)30-26(31)24-23-19-11-4-6-13-21(19)29(3,25(24)27(30)32)22-14-7-5-12-20(22)23/h4-16,23-25H,1-3H3/t23?,24-,25-,29?/m0/s1. The summed E-state index contributed by atoms with van der Waals surface area (Å²) in [7, 11) is 0. The number of hydrogen-bond acceptors (Lipinski definition) is 4. The number of amides is 2. The van der Waals surface area contributed by atoms with Gasteiger partial charge >= 0.3 is 5.97 Å². The molecule has 0 spiro atoms. The molecule has 1 aliphatic heterocycles. The maximum atomic E-state index is 14.0. The molecule has 0 saturated carbocycles. The molecule has 1 saturated heterocycles. The summed E-state index contributed by atoms with van der Waals surface area (Å²) in [5, 5.41) is 0. The molecule has 0 radical (unpaired) electrons. The molecule has 170 valence electrons. The topological polar surface area (TPSA) is 63.7 Å². The lowest BCUT2D eigenvalue weighted by Crippen LogP contribution is -2.51. The number of anilines is 1. The van der Waals surface area contributed by atoms with E-state index >= 15 is 0 Å². The van der Waals surface area contributed by atoms with E-state index in [4.69, 9.17) is 4.74 Å². The van der Waals surface area contributed by atoms with Crippen molar-refractivity contribution in [1.82, 2.24) is 0 Å². The first kappa shape index (κ1) is 20.8. The third kappa shape index (κ3) is 2.58. The fourth-order valence-corrected chi connectivity index (χ4v) is 6.46. The highest BCUT2D eigenvalue weighted by atomic mass is 16.5. The van der Waals surface area contributed by atoms with Crippen LogP contribution in [0.15, 0.2) is 72.8 Å². The molecule has 4 aliphatic rings. The molecule has 2 bridgehead atoms. The van der Waals surface area contributed by atoms with Gasteiger partial charge in [0, 0.05) is 11.3 Å². The maximum absolute atomic E-state index is 14.0. The van der Waals surface area contributed by atoms with Crippen molar-refractivity contribution >= 4 is 23.5 Å². The molecule has 0 N–H and O–H groups in total. The monoisotopic (exact) mass is 451 g/mol. The molecule has 2 amide bonds. The van der Waals surface area contributed by atoms with Crippen molar-refractivity contribution < 1.29 is 19.1 Å². The summed E-state index contributed by atoms with van der Waals surface area (Å²) in [4.78, 5) is 41.7. The van der Waals surface area contributed by atoms with Crippen molar-refractivity contribution in [2.75, 3.05) is 4.90 Å². The summed E-state index contributed by atoms with van der Waals surface area (Å²) in [6, 6.07) is 23.0. The first-order valence-corrected chi connectivity index (χ1v) is 11.7. The second-order valence-electron chi connectivity index (χ2n) is 9.87. The average Bonchev–Trinajstić information content (AvgIpc) is 3.10. The minimum atomic E-state index is -0.609. The molecule has 7 rings (SSSR count). The number of esters is 1. The van der Waals surface area contributed by atoms with Crippen LogP contribution in [0.3, 0.4) is 0 Å². The van der Waals surface area contributed by atoms with Gasteiger partial charge < -0.3 is 4.74 Å². The molecular formula is C29H25NO4. The second-order valence-corrected chi connectivity index (χ2v) is 9.87. The van der Waals surface area contributed by atoms with Crippen LogP contribution in [0.5, 0.6) is 0 Å². The number of hydrogen-bond donors (Lipinski definition) is 0. The Hall–Kier alpha value is -3.73. The van der Waals surface area contributed by atoms with Gasteiger partial charge in [0.05, 0.1) is 29.2 Å². The van der Waals surface area contributed by atoms with E-state index in [1.165, 1.54) is 4.90 Å². The third-order valence-electron chi connectivity index (χ3n) is 7.73. The van der Waals surface area contributed by atoms with Gasteiger partial charge in [0.2, 0.25) is 11.8 Å². The lowest BCUT2D eigenvalue weighted by atomic mass is 9.48. The Labute approximate surface area is 198 Å². The number of nitrogens with zero attached hydrogens (tertiary/aromatic N) is 1. The van der Waals surface area contributed by atoms with Crippen molar-refractivity contribution in [3.63, 3.8) is 0 Å². The van der Waals surface area contributed by atoms with E-state index in [-0.39, 0.29) is 23.8 Å². The summed E-state index contributed by atoms with van der Waals surface area (Å²) < 4.78 is 5.32. The van der Waals surface area contributed by atoms with Gasteiger partial charge in [-0.3, -0.25) is 9.59 Å². The summed E-state index contributed by atoms with van der Waals surface area (Å²) in [5.41, 5.74) is 4.63. The zero-order valence-corrected chi connectivity index (χ0v) is 19.3. The van der Waals surface area contributed by atoms with Crippen LogP contribution in [-0.2, 0) is 19.7 Å². The fourth-order valence-electron chi connectivity index (χ4n) is 6.46. The minimum Gasteiger partial charge on any atom is -0.459 e. The molecule has 3 aromatic rings. The zero-order chi connectivity index (χ0) is 23.8. The molecule has 5 heteroatoms. The van der Waals surface area contributed by atoms with Crippen molar-refractivity contribution in [3.05, 3.63) is 101 Å². The van der Waals surface area contributed by atoms with Gasteiger partial charge in [0.15, 0.2) is 0 Å². The van der Waals surface area contributed by atoms with E-state index < -0.39 is 23.2 Å². The van der Waals surface area contributed by atoms with Crippen LogP contribution in [-0.4, -0.2) is 23.9 Å². The van der Waals surface area contributed by atoms with Crippen LogP contribution in [0.1, 0.15) is 59.3 Å². The lowest BCUT2D eigenvalue weighted by molar-refractivity contribution is -0.123. The second kappa shape index (κ2) is 7.13. The predicted molar refractivity (Wildman–Crippen MR) is 128 cm³/mol. The lowest BCUT2D eigenvalue weighted by Gasteiger charge is -2.52. The highest BCUT2D eigenvalue weighted by molar-refractivity contribution is 6.24. The van der Waals surface area contributed by atoms with Crippen LogP contribution in [0, 0.1) is 11.8 Å². The van der Waals surface area contributed by atoms with E-state index in [1.807, 2.05) is 24.3 Å². The third-order valence-corrected chi connectivity index (χ3v) is 7.73. The molecule has 1 heterocycles. The molecule has 3 aromatic carbocycles. The Balaban J connectivity index is 1.49. The molecule has 1 fully saturated rings.